The van der Waals surface area contributed by atoms with Crippen molar-refractivity contribution in [3.05, 3.63) is 23.3 Å². The molecule has 1 aromatic carbocycles. The van der Waals surface area contributed by atoms with Crippen LogP contribution in [0.2, 0.25) is 0 Å². The fourth-order valence-electron chi connectivity index (χ4n) is 1.75. The molecule has 0 aliphatic carbocycles. The van der Waals surface area contributed by atoms with Crippen molar-refractivity contribution in [3.63, 3.8) is 0 Å². The van der Waals surface area contributed by atoms with E-state index in [9.17, 15) is 13.2 Å². The van der Waals surface area contributed by atoms with Gasteiger partial charge in [-0.15, -0.1) is 0 Å². The summed E-state index contributed by atoms with van der Waals surface area (Å²) >= 11 is 0. The maximum atomic E-state index is 12.8. The minimum absolute atomic E-state index is 0.0847. The molecule has 1 aromatic rings. The largest absolute Gasteiger partial charge is 0.490 e. The maximum Gasteiger partial charge on any atom is 0.416 e. The standard InChI is InChI=1S/C12H10F3NO2/c13-12(14,15)9-7-11-10(6-8(9)2-3-16)17-4-1-5-18-11/h6-7H,1-2,4-5H2. The van der Waals surface area contributed by atoms with E-state index in [0.29, 0.717) is 19.6 Å². The summed E-state index contributed by atoms with van der Waals surface area (Å²) in [5, 5.41) is 8.58. The second-order valence-electron chi connectivity index (χ2n) is 3.84. The number of alkyl halides is 3. The molecule has 18 heavy (non-hydrogen) atoms. The summed E-state index contributed by atoms with van der Waals surface area (Å²) in [4.78, 5) is 0. The Morgan fingerprint density at radius 1 is 1.17 bits per heavy atom. The summed E-state index contributed by atoms with van der Waals surface area (Å²) < 4.78 is 49.0. The summed E-state index contributed by atoms with van der Waals surface area (Å²) in [6, 6.07) is 3.88. The Hall–Kier alpha value is -1.90. The first-order chi connectivity index (χ1) is 8.52. The molecule has 0 spiro atoms. The lowest BCUT2D eigenvalue weighted by Crippen LogP contribution is -2.10. The van der Waals surface area contributed by atoms with Gasteiger partial charge in [0.05, 0.1) is 31.3 Å². The van der Waals surface area contributed by atoms with Crippen molar-refractivity contribution in [2.75, 3.05) is 13.2 Å². The molecule has 1 aliphatic heterocycles. The van der Waals surface area contributed by atoms with Gasteiger partial charge < -0.3 is 9.47 Å². The van der Waals surface area contributed by atoms with Gasteiger partial charge in [-0.25, -0.2) is 0 Å². The lowest BCUT2D eigenvalue weighted by molar-refractivity contribution is -0.138. The third-order valence-corrected chi connectivity index (χ3v) is 2.55. The van der Waals surface area contributed by atoms with E-state index in [1.54, 1.807) is 6.07 Å². The number of hydrogen-bond donors (Lipinski definition) is 0. The van der Waals surface area contributed by atoms with Gasteiger partial charge in [-0.1, -0.05) is 0 Å². The SMILES string of the molecule is N#CCc1cc2c(cc1C(F)(F)F)OCCCO2. The van der Waals surface area contributed by atoms with Gasteiger partial charge in [-0.2, -0.15) is 18.4 Å². The van der Waals surface area contributed by atoms with Crippen LogP contribution in [0, 0.1) is 11.3 Å². The van der Waals surface area contributed by atoms with Crippen LogP contribution in [0.15, 0.2) is 12.1 Å². The first kappa shape index (κ1) is 12.6. The third kappa shape index (κ3) is 2.50. The summed E-state index contributed by atoms with van der Waals surface area (Å²) in [6.07, 6.45) is -4.20. The zero-order chi connectivity index (χ0) is 13.2. The van der Waals surface area contributed by atoms with Crippen LogP contribution >= 0.6 is 0 Å². The predicted octanol–water partition coefficient (Wildman–Crippen LogP) is 2.93. The van der Waals surface area contributed by atoms with E-state index in [1.165, 1.54) is 6.07 Å². The van der Waals surface area contributed by atoms with Crippen molar-refractivity contribution >= 4 is 0 Å². The fourth-order valence-corrected chi connectivity index (χ4v) is 1.75. The monoisotopic (exact) mass is 257 g/mol. The summed E-state index contributed by atoms with van der Waals surface area (Å²) in [7, 11) is 0. The molecular formula is C12H10F3NO2. The van der Waals surface area contributed by atoms with Crippen molar-refractivity contribution in [1.29, 1.82) is 5.26 Å². The zero-order valence-corrected chi connectivity index (χ0v) is 9.38. The summed E-state index contributed by atoms with van der Waals surface area (Å²) in [6.45, 7) is 0.715. The molecule has 0 N–H and O–H groups in total. The van der Waals surface area contributed by atoms with Gasteiger partial charge in [-0.3, -0.25) is 0 Å². The van der Waals surface area contributed by atoms with Gasteiger partial charge in [0, 0.05) is 6.42 Å². The van der Waals surface area contributed by atoms with E-state index >= 15 is 0 Å². The summed E-state index contributed by atoms with van der Waals surface area (Å²) in [5.41, 5.74) is -0.928. The number of halogens is 3. The quantitative estimate of drug-likeness (QED) is 0.776. The number of benzene rings is 1. The molecule has 0 amide bonds. The number of hydrogen-bond acceptors (Lipinski definition) is 3. The van der Waals surface area contributed by atoms with E-state index < -0.39 is 11.7 Å². The van der Waals surface area contributed by atoms with Crippen LogP contribution in [0.1, 0.15) is 17.5 Å². The van der Waals surface area contributed by atoms with Crippen LogP contribution in [0.3, 0.4) is 0 Å². The fraction of sp³-hybridized carbons (Fsp3) is 0.417. The smallest absolute Gasteiger partial charge is 0.416 e. The Bertz CT molecular complexity index is 491. The first-order valence-corrected chi connectivity index (χ1v) is 5.39. The molecule has 2 rings (SSSR count). The topological polar surface area (TPSA) is 42.2 Å². The van der Waals surface area contributed by atoms with E-state index in [4.69, 9.17) is 14.7 Å². The molecule has 0 unspecified atom stereocenters. The van der Waals surface area contributed by atoms with Gasteiger partial charge in [0.2, 0.25) is 0 Å². The third-order valence-electron chi connectivity index (χ3n) is 2.55. The average molecular weight is 257 g/mol. The highest BCUT2D eigenvalue weighted by Crippen LogP contribution is 2.40. The molecule has 0 bridgehead atoms. The Morgan fingerprint density at radius 3 is 2.33 bits per heavy atom. The second kappa shape index (κ2) is 4.77. The molecule has 0 fully saturated rings. The lowest BCUT2D eigenvalue weighted by atomic mass is 10.0. The van der Waals surface area contributed by atoms with Gasteiger partial charge >= 0.3 is 6.18 Å². The van der Waals surface area contributed by atoms with Gasteiger partial charge in [0.15, 0.2) is 11.5 Å². The van der Waals surface area contributed by atoms with Gasteiger partial charge in [-0.05, 0) is 17.7 Å². The Kier molecular flexibility index (Phi) is 3.32. The molecular weight excluding hydrogens is 247 g/mol. The molecule has 0 saturated carbocycles. The van der Waals surface area contributed by atoms with E-state index in [2.05, 4.69) is 0 Å². The van der Waals surface area contributed by atoms with Gasteiger partial charge in [0.1, 0.15) is 0 Å². The van der Waals surface area contributed by atoms with Gasteiger partial charge in [0.25, 0.3) is 0 Å². The minimum Gasteiger partial charge on any atom is -0.490 e. The van der Waals surface area contributed by atoms with Crippen molar-refractivity contribution in [2.45, 2.75) is 19.0 Å². The second-order valence-corrected chi connectivity index (χ2v) is 3.84. The zero-order valence-electron chi connectivity index (χ0n) is 9.38. The number of ether oxygens (including phenoxy) is 2. The minimum atomic E-state index is -4.50. The first-order valence-electron chi connectivity index (χ1n) is 5.39. The van der Waals surface area contributed by atoms with Crippen molar-refractivity contribution < 1.29 is 22.6 Å². The Labute approximate surface area is 102 Å². The molecule has 1 aliphatic rings. The predicted molar refractivity (Wildman–Crippen MR) is 56.4 cm³/mol. The van der Waals surface area contributed by atoms with Crippen LogP contribution in [0.5, 0.6) is 11.5 Å². The van der Waals surface area contributed by atoms with Crippen LogP contribution in [0.25, 0.3) is 0 Å². The highest BCUT2D eigenvalue weighted by molar-refractivity contribution is 5.49. The van der Waals surface area contributed by atoms with Crippen LogP contribution in [0.4, 0.5) is 13.2 Å². The lowest BCUT2D eigenvalue weighted by Gasteiger charge is -2.15. The average Bonchev–Trinajstić information content (AvgIpc) is 2.51. The highest BCUT2D eigenvalue weighted by Gasteiger charge is 2.35. The molecule has 0 atom stereocenters. The van der Waals surface area contributed by atoms with Crippen molar-refractivity contribution in [1.82, 2.24) is 0 Å². The molecule has 3 nitrogen and oxygen atoms in total. The van der Waals surface area contributed by atoms with Crippen LogP contribution in [-0.2, 0) is 12.6 Å². The number of fused-ring (bicyclic) bond motifs is 1. The molecule has 1 heterocycles. The molecule has 96 valence electrons. The number of nitrogens with zero attached hydrogens (tertiary/aromatic N) is 1. The van der Waals surface area contributed by atoms with E-state index in [-0.39, 0.29) is 23.5 Å². The molecule has 0 radical (unpaired) electrons. The normalized spacial score (nSPS) is 14.8. The van der Waals surface area contributed by atoms with E-state index in [1.807, 2.05) is 0 Å². The number of rotatable bonds is 1. The van der Waals surface area contributed by atoms with Crippen LogP contribution in [-0.4, -0.2) is 13.2 Å². The highest BCUT2D eigenvalue weighted by atomic mass is 19.4. The van der Waals surface area contributed by atoms with Crippen molar-refractivity contribution in [3.8, 4) is 17.6 Å². The Balaban J connectivity index is 2.51. The van der Waals surface area contributed by atoms with Crippen LogP contribution < -0.4 is 9.47 Å². The summed E-state index contributed by atoms with van der Waals surface area (Å²) in [5.74, 6) is 0.354. The molecule has 0 aromatic heterocycles. The maximum absolute atomic E-state index is 12.8. The molecule has 6 heteroatoms. The van der Waals surface area contributed by atoms with E-state index in [0.717, 1.165) is 6.07 Å². The Morgan fingerprint density at radius 2 is 1.78 bits per heavy atom. The van der Waals surface area contributed by atoms with Crippen molar-refractivity contribution in [2.24, 2.45) is 0 Å². The molecule has 0 saturated heterocycles. The number of nitriles is 1.